The lowest BCUT2D eigenvalue weighted by Crippen LogP contribution is -2.26. The summed E-state index contributed by atoms with van der Waals surface area (Å²) in [6.45, 7) is 3.18. The summed E-state index contributed by atoms with van der Waals surface area (Å²) < 4.78 is 23.5. The van der Waals surface area contributed by atoms with Gasteiger partial charge in [-0.05, 0) is 49.2 Å². The Morgan fingerprint density at radius 3 is 2.95 bits per heavy atom. The van der Waals surface area contributed by atoms with Crippen LogP contribution in [0.4, 0.5) is 4.39 Å². The molecule has 5 heteroatoms. The summed E-state index contributed by atoms with van der Waals surface area (Å²) in [5.74, 6) is 0.245. The number of hydrogen-bond acceptors (Lipinski definition) is 3. The largest absolute Gasteiger partial charge is 0.467 e. The third-order valence-electron chi connectivity index (χ3n) is 3.01. The minimum Gasteiger partial charge on any atom is -0.467 e. The van der Waals surface area contributed by atoms with Crippen molar-refractivity contribution in [2.45, 2.75) is 20.0 Å². The molecule has 0 saturated carbocycles. The van der Waals surface area contributed by atoms with Crippen LogP contribution >= 0.6 is 0 Å². The molecule has 1 heterocycles. The van der Waals surface area contributed by atoms with Gasteiger partial charge in [0.25, 0.3) is 5.91 Å². The molecular weight excluding hydrogens is 273 g/mol. The van der Waals surface area contributed by atoms with Crippen LogP contribution in [-0.4, -0.2) is 19.1 Å². The maximum absolute atomic E-state index is 13.0. The van der Waals surface area contributed by atoms with Gasteiger partial charge >= 0.3 is 0 Å². The lowest BCUT2D eigenvalue weighted by molar-refractivity contribution is 0.0916. The Balaban J connectivity index is 1.65. The molecule has 21 heavy (non-hydrogen) atoms. The maximum Gasteiger partial charge on any atom is 0.251 e. The van der Waals surface area contributed by atoms with Crippen molar-refractivity contribution in [2.24, 2.45) is 0 Å². The van der Waals surface area contributed by atoms with Gasteiger partial charge < -0.3 is 14.5 Å². The van der Waals surface area contributed by atoms with E-state index in [0.717, 1.165) is 5.76 Å². The Hall–Kier alpha value is -2.14. The third-order valence-corrected chi connectivity index (χ3v) is 3.01. The first-order valence-corrected chi connectivity index (χ1v) is 6.81. The number of benzene rings is 1. The summed E-state index contributed by atoms with van der Waals surface area (Å²) in [7, 11) is 0. The summed E-state index contributed by atoms with van der Waals surface area (Å²) in [6.07, 6.45) is 2.30. The van der Waals surface area contributed by atoms with Crippen molar-refractivity contribution < 1.29 is 18.3 Å². The molecule has 0 aliphatic heterocycles. The average molecular weight is 291 g/mol. The number of ether oxygens (including phenoxy) is 1. The molecule has 112 valence electrons. The number of hydrogen-bond donors (Lipinski definition) is 1. The first-order chi connectivity index (χ1) is 10.2. The Morgan fingerprint density at radius 2 is 2.24 bits per heavy atom. The van der Waals surface area contributed by atoms with Crippen molar-refractivity contribution in [3.8, 4) is 0 Å². The number of halogens is 1. The van der Waals surface area contributed by atoms with E-state index in [0.29, 0.717) is 37.3 Å². The monoisotopic (exact) mass is 291 g/mol. The Bertz CT molecular complexity index is 581. The average Bonchev–Trinajstić information content (AvgIpc) is 2.95. The highest BCUT2D eigenvalue weighted by Gasteiger charge is 2.08. The van der Waals surface area contributed by atoms with Crippen LogP contribution in [0.25, 0.3) is 0 Å². The molecular formula is C16H18FNO3. The van der Waals surface area contributed by atoms with Crippen LogP contribution in [0, 0.1) is 12.7 Å². The van der Waals surface area contributed by atoms with Crippen LogP contribution < -0.4 is 5.32 Å². The van der Waals surface area contributed by atoms with E-state index in [-0.39, 0.29) is 11.7 Å². The summed E-state index contributed by atoms with van der Waals surface area (Å²) in [5.41, 5.74) is 1.12. The molecule has 0 radical (unpaired) electrons. The van der Waals surface area contributed by atoms with E-state index in [1.165, 1.54) is 18.2 Å². The molecule has 1 aromatic heterocycles. The third kappa shape index (κ3) is 4.72. The van der Waals surface area contributed by atoms with Crippen molar-refractivity contribution >= 4 is 5.91 Å². The second kappa shape index (κ2) is 7.59. The molecule has 0 aliphatic rings. The zero-order valence-electron chi connectivity index (χ0n) is 11.9. The smallest absolute Gasteiger partial charge is 0.251 e. The molecule has 1 amide bonds. The van der Waals surface area contributed by atoms with E-state index in [9.17, 15) is 9.18 Å². The molecule has 0 bridgehead atoms. The highest BCUT2D eigenvalue weighted by Crippen LogP contribution is 2.09. The summed E-state index contributed by atoms with van der Waals surface area (Å²) >= 11 is 0. The highest BCUT2D eigenvalue weighted by atomic mass is 19.1. The topological polar surface area (TPSA) is 51.5 Å². The van der Waals surface area contributed by atoms with Gasteiger partial charge in [-0.2, -0.15) is 0 Å². The van der Waals surface area contributed by atoms with Gasteiger partial charge in [0.05, 0.1) is 6.26 Å². The Morgan fingerprint density at radius 1 is 1.38 bits per heavy atom. The molecule has 0 saturated heterocycles. The minimum atomic E-state index is -0.338. The van der Waals surface area contributed by atoms with Crippen LogP contribution in [0.3, 0.4) is 0 Å². The normalized spacial score (nSPS) is 10.6. The minimum absolute atomic E-state index is 0.196. The number of rotatable bonds is 7. The number of furan rings is 1. The lowest BCUT2D eigenvalue weighted by atomic mass is 10.1. The zero-order valence-corrected chi connectivity index (χ0v) is 11.9. The van der Waals surface area contributed by atoms with Crippen molar-refractivity contribution in [1.82, 2.24) is 5.32 Å². The molecule has 4 nitrogen and oxygen atoms in total. The van der Waals surface area contributed by atoms with Gasteiger partial charge in [-0.15, -0.1) is 0 Å². The molecule has 0 unspecified atom stereocenters. The van der Waals surface area contributed by atoms with Gasteiger partial charge in [0.15, 0.2) is 0 Å². The van der Waals surface area contributed by atoms with Crippen LogP contribution in [0.15, 0.2) is 41.0 Å². The zero-order chi connectivity index (χ0) is 15.1. The molecule has 0 spiro atoms. The van der Waals surface area contributed by atoms with Crippen LogP contribution in [0.2, 0.25) is 0 Å². The van der Waals surface area contributed by atoms with Crippen molar-refractivity contribution in [2.75, 3.05) is 13.2 Å². The van der Waals surface area contributed by atoms with Gasteiger partial charge in [-0.3, -0.25) is 4.79 Å². The number of aryl methyl sites for hydroxylation is 1. The molecule has 2 aromatic rings. The van der Waals surface area contributed by atoms with E-state index in [1.807, 2.05) is 12.1 Å². The highest BCUT2D eigenvalue weighted by molar-refractivity contribution is 5.95. The van der Waals surface area contributed by atoms with Crippen molar-refractivity contribution in [1.29, 1.82) is 0 Å². The summed E-state index contributed by atoms with van der Waals surface area (Å²) in [6, 6.07) is 7.78. The maximum atomic E-state index is 13.0. The van der Waals surface area contributed by atoms with E-state index < -0.39 is 0 Å². The standard InChI is InChI=1S/C16H18FNO3/c1-12-10-13(17)5-6-15(12)16(19)18-7-3-8-20-11-14-4-2-9-21-14/h2,4-6,9-10H,3,7-8,11H2,1H3,(H,18,19). The number of amides is 1. The van der Waals surface area contributed by atoms with E-state index in [2.05, 4.69) is 5.32 Å². The van der Waals surface area contributed by atoms with Crippen LogP contribution in [-0.2, 0) is 11.3 Å². The quantitative estimate of drug-likeness (QED) is 0.798. The number of nitrogens with one attached hydrogen (secondary N) is 1. The van der Waals surface area contributed by atoms with Crippen molar-refractivity contribution in [3.05, 3.63) is 59.3 Å². The second-order valence-corrected chi connectivity index (χ2v) is 4.70. The van der Waals surface area contributed by atoms with Gasteiger partial charge in [-0.1, -0.05) is 0 Å². The molecule has 2 rings (SSSR count). The summed E-state index contributed by atoms with van der Waals surface area (Å²) in [4.78, 5) is 11.9. The molecule has 0 atom stereocenters. The predicted octanol–water partition coefficient (Wildman–Crippen LogP) is 3.06. The molecule has 0 aliphatic carbocycles. The fourth-order valence-corrected chi connectivity index (χ4v) is 1.92. The number of carbonyl (C=O) groups is 1. The van der Waals surface area contributed by atoms with Crippen LogP contribution in [0.1, 0.15) is 28.1 Å². The van der Waals surface area contributed by atoms with E-state index >= 15 is 0 Å². The predicted molar refractivity (Wildman–Crippen MR) is 76.5 cm³/mol. The van der Waals surface area contributed by atoms with Gasteiger partial charge in [0, 0.05) is 18.7 Å². The fourth-order valence-electron chi connectivity index (χ4n) is 1.92. The van der Waals surface area contributed by atoms with E-state index in [4.69, 9.17) is 9.15 Å². The van der Waals surface area contributed by atoms with E-state index in [1.54, 1.807) is 13.2 Å². The Labute approximate surface area is 122 Å². The SMILES string of the molecule is Cc1cc(F)ccc1C(=O)NCCCOCc1ccco1. The molecule has 0 fully saturated rings. The van der Waals surface area contributed by atoms with Gasteiger partial charge in [-0.25, -0.2) is 4.39 Å². The van der Waals surface area contributed by atoms with Crippen molar-refractivity contribution in [3.63, 3.8) is 0 Å². The fraction of sp³-hybridized carbons (Fsp3) is 0.312. The first kappa shape index (κ1) is 15.3. The molecule has 1 N–H and O–H groups in total. The Kier molecular flexibility index (Phi) is 5.51. The number of carbonyl (C=O) groups excluding carboxylic acids is 1. The van der Waals surface area contributed by atoms with Gasteiger partial charge in [0.2, 0.25) is 0 Å². The summed E-state index contributed by atoms with van der Waals surface area (Å²) in [5, 5.41) is 2.79. The molecule has 1 aromatic carbocycles. The lowest BCUT2D eigenvalue weighted by Gasteiger charge is -2.08. The second-order valence-electron chi connectivity index (χ2n) is 4.70. The first-order valence-electron chi connectivity index (χ1n) is 6.81. The van der Waals surface area contributed by atoms with Crippen LogP contribution in [0.5, 0.6) is 0 Å². The van der Waals surface area contributed by atoms with Gasteiger partial charge in [0.1, 0.15) is 18.2 Å².